The van der Waals surface area contributed by atoms with Crippen molar-refractivity contribution in [2.45, 2.75) is 18.9 Å². The van der Waals surface area contributed by atoms with Crippen LogP contribution in [0.2, 0.25) is 0 Å². The summed E-state index contributed by atoms with van der Waals surface area (Å²) < 4.78 is 5.15. The summed E-state index contributed by atoms with van der Waals surface area (Å²) in [7, 11) is 1.70. The molecule has 1 heterocycles. The van der Waals surface area contributed by atoms with E-state index in [4.69, 9.17) is 10.5 Å². The fraction of sp³-hybridized carbons (Fsp3) is 0.538. The van der Waals surface area contributed by atoms with Crippen LogP contribution >= 0.6 is 11.8 Å². The second-order valence-corrected chi connectivity index (χ2v) is 5.49. The first kappa shape index (κ1) is 11.8. The van der Waals surface area contributed by atoms with Crippen LogP contribution in [0.4, 0.5) is 0 Å². The predicted octanol–water partition coefficient (Wildman–Crippen LogP) is 2.32. The van der Waals surface area contributed by atoms with Crippen molar-refractivity contribution >= 4 is 11.8 Å². The van der Waals surface area contributed by atoms with Gasteiger partial charge in [0.1, 0.15) is 5.75 Å². The Labute approximate surface area is 102 Å². The van der Waals surface area contributed by atoms with Gasteiger partial charge in [0.15, 0.2) is 0 Å². The molecule has 0 bridgehead atoms. The molecule has 1 aliphatic heterocycles. The van der Waals surface area contributed by atoms with Crippen LogP contribution in [-0.2, 0) is 6.42 Å². The molecule has 1 aromatic carbocycles. The van der Waals surface area contributed by atoms with Gasteiger partial charge in [-0.15, -0.1) is 0 Å². The topological polar surface area (TPSA) is 35.2 Å². The molecule has 16 heavy (non-hydrogen) atoms. The molecule has 2 N–H and O–H groups in total. The minimum Gasteiger partial charge on any atom is -0.497 e. The van der Waals surface area contributed by atoms with E-state index in [0.717, 1.165) is 18.6 Å². The maximum atomic E-state index is 6.14. The van der Waals surface area contributed by atoms with Gasteiger partial charge >= 0.3 is 0 Å². The highest BCUT2D eigenvalue weighted by molar-refractivity contribution is 7.99. The van der Waals surface area contributed by atoms with E-state index in [1.54, 1.807) is 7.11 Å². The Morgan fingerprint density at radius 3 is 2.75 bits per heavy atom. The van der Waals surface area contributed by atoms with E-state index in [0.29, 0.717) is 12.0 Å². The lowest BCUT2D eigenvalue weighted by molar-refractivity contribution is 0.413. The number of hydrogen-bond acceptors (Lipinski definition) is 3. The summed E-state index contributed by atoms with van der Waals surface area (Å²) in [6.45, 7) is 0. The zero-order valence-electron chi connectivity index (χ0n) is 9.69. The van der Waals surface area contributed by atoms with Crippen molar-refractivity contribution in [3.05, 3.63) is 29.8 Å². The Hall–Kier alpha value is -0.670. The fourth-order valence-electron chi connectivity index (χ4n) is 2.09. The largest absolute Gasteiger partial charge is 0.497 e. The highest BCUT2D eigenvalue weighted by Crippen LogP contribution is 2.25. The van der Waals surface area contributed by atoms with Crippen LogP contribution in [-0.4, -0.2) is 24.7 Å². The molecular formula is C13H19NOS. The summed E-state index contributed by atoms with van der Waals surface area (Å²) in [6.07, 6.45) is 2.25. The zero-order valence-corrected chi connectivity index (χ0v) is 10.5. The molecule has 1 saturated heterocycles. The highest BCUT2D eigenvalue weighted by atomic mass is 32.2. The Bertz CT molecular complexity index is 325. The van der Waals surface area contributed by atoms with Crippen molar-refractivity contribution in [2.75, 3.05) is 18.6 Å². The molecule has 0 radical (unpaired) electrons. The second-order valence-electron chi connectivity index (χ2n) is 4.34. The van der Waals surface area contributed by atoms with Crippen molar-refractivity contribution in [1.29, 1.82) is 0 Å². The van der Waals surface area contributed by atoms with E-state index < -0.39 is 0 Å². The number of rotatable bonds is 3. The molecule has 1 aromatic rings. The molecule has 2 unspecified atom stereocenters. The molecule has 0 saturated carbocycles. The molecule has 0 spiro atoms. The lowest BCUT2D eigenvalue weighted by Gasteiger charge is -2.28. The van der Waals surface area contributed by atoms with E-state index >= 15 is 0 Å². The molecule has 0 aromatic heterocycles. The summed E-state index contributed by atoms with van der Waals surface area (Å²) in [6, 6.07) is 8.71. The van der Waals surface area contributed by atoms with Gasteiger partial charge in [-0.2, -0.15) is 11.8 Å². The van der Waals surface area contributed by atoms with Crippen LogP contribution in [0, 0.1) is 5.92 Å². The molecule has 1 fully saturated rings. The summed E-state index contributed by atoms with van der Waals surface area (Å²) in [4.78, 5) is 0. The third kappa shape index (κ3) is 2.92. The van der Waals surface area contributed by atoms with Crippen LogP contribution in [0.1, 0.15) is 12.0 Å². The maximum Gasteiger partial charge on any atom is 0.118 e. The number of benzene rings is 1. The SMILES string of the molecule is COc1ccc(CC2CSCCC2N)cc1. The van der Waals surface area contributed by atoms with Gasteiger partial charge in [0.05, 0.1) is 7.11 Å². The first-order valence-corrected chi connectivity index (χ1v) is 6.91. The Morgan fingerprint density at radius 2 is 2.12 bits per heavy atom. The van der Waals surface area contributed by atoms with E-state index in [1.165, 1.54) is 17.1 Å². The molecule has 2 nitrogen and oxygen atoms in total. The molecular weight excluding hydrogens is 218 g/mol. The minimum atomic E-state index is 0.378. The van der Waals surface area contributed by atoms with Gasteiger partial charge in [-0.1, -0.05) is 12.1 Å². The summed E-state index contributed by atoms with van der Waals surface area (Å²) >= 11 is 2.03. The van der Waals surface area contributed by atoms with Crippen molar-refractivity contribution < 1.29 is 4.74 Å². The van der Waals surface area contributed by atoms with E-state index in [9.17, 15) is 0 Å². The van der Waals surface area contributed by atoms with Crippen LogP contribution in [0.25, 0.3) is 0 Å². The smallest absolute Gasteiger partial charge is 0.118 e. The number of thioether (sulfide) groups is 1. The van der Waals surface area contributed by atoms with Gasteiger partial charge in [0.2, 0.25) is 0 Å². The van der Waals surface area contributed by atoms with Crippen LogP contribution in [0.5, 0.6) is 5.75 Å². The van der Waals surface area contributed by atoms with Gasteiger partial charge in [0.25, 0.3) is 0 Å². The summed E-state index contributed by atoms with van der Waals surface area (Å²) in [5.41, 5.74) is 7.51. The molecule has 2 rings (SSSR count). The molecule has 1 aliphatic rings. The second kappa shape index (κ2) is 5.60. The van der Waals surface area contributed by atoms with Crippen LogP contribution in [0.3, 0.4) is 0 Å². The maximum absolute atomic E-state index is 6.14. The summed E-state index contributed by atoms with van der Waals surface area (Å²) in [5, 5.41) is 0. The van der Waals surface area contributed by atoms with Crippen molar-refractivity contribution in [3.8, 4) is 5.75 Å². The molecule has 88 valence electrons. The van der Waals surface area contributed by atoms with Gasteiger partial charge in [-0.25, -0.2) is 0 Å². The number of nitrogens with two attached hydrogens (primary N) is 1. The third-order valence-corrected chi connectivity index (χ3v) is 4.38. The van der Waals surface area contributed by atoms with Crippen LogP contribution < -0.4 is 10.5 Å². The van der Waals surface area contributed by atoms with E-state index in [-0.39, 0.29) is 0 Å². The van der Waals surface area contributed by atoms with E-state index in [2.05, 4.69) is 12.1 Å². The molecule has 3 heteroatoms. The zero-order chi connectivity index (χ0) is 11.4. The van der Waals surface area contributed by atoms with Gasteiger partial charge in [-0.3, -0.25) is 0 Å². The van der Waals surface area contributed by atoms with Gasteiger partial charge < -0.3 is 10.5 Å². The third-order valence-electron chi connectivity index (χ3n) is 3.19. The minimum absolute atomic E-state index is 0.378. The molecule has 0 aliphatic carbocycles. The van der Waals surface area contributed by atoms with E-state index in [1.807, 2.05) is 23.9 Å². The highest BCUT2D eigenvalue weighted by Gasteiger charge is 2.22. The lowest BCUT2D eigenvalue weighted by atomic mass is 9.92. The Morgan fingerprint density at radius 1 is 1.38 bits per heavy atom. The lowest BCUT2D eigenvalue weighted by Crippen LogP contribution is -2.36. The standard InChI is InChI=1S/C13H19NOS/c1-15-12-4-2-10(3-5-12)8-11-9-16-7-6-13(11)14/h2-5,11,13H,6-9,14H2,1H3. The number of hydrogen-bond donors (Lipinski definition) is 1. The van der Waals surface area contributed by atoms with Gasteiger partial charge in [-0.05, 0) is 48.0 Å². The quantitative estimate of drug-likeness (QED) is 0.876. The predicted molar refractivity (Wildman–Crippen MR) is 70.1 cm³/mol. The summed E-state index contributed by atoms with van der Waals surface area (Å²) in [5.74, 6) is 3.98. The average Bonchev–Trinajstić information content (AvgIpc) is 2.33. The fourth-order valence-corrected chi connectivity index (χ4v) is 3.36. The van der Waals surface area contributed by atoms with Crippen LogP contribution in [0.15, 0.2) is 24.3 Å². The molecule has 2 atom stereocenters. The monoisotopic (exact) mass is 237 g/mol. The average molecular weight is 237 g/mol. The Kier molecular flexibility index (Phi) is 4.13. The number of ether oxygens (including phenoxy) is 1. The normalized spacial score (nSPS) is 25.4. The van der Waals surface area contributed by atoms with Crippen molar-refractivity contribution in [3.63, 3.8) is 0 Å². The Balaban J connectivity index is 1.96. The molecule has 0 amide bonds. The van der Waals surface area contributed by atoms with Crippen molar-refractivity contribution in [1.82, 2.24) is 0 Å². The van der Waals surface area contributed by atoms with Gasteiger partial charge in [0, 0.05) is 6.04 Å². The number of methoxy groups -OCH3 is 1. The van der Waals surface area contributed by atoms with Crippen molar-refractivity contribution in [2.24, 2.45) is 11.7 Å². The first-order chi connectivity index (χ1) is 7.79. The first-order valence-electron chi connectivity index (χ1n) is 5.76.